The molecule has 0 spiro atoms. The lowest BCUT2D eigenvalue weighted by Crippen LogP contribution is -2.33. The van der Waals surface area contributed by atoms with E-state index in [1.165, 1.54) is 0 Å². The van der Waals surface area contributed by atoms with Crippen LogP contribution < -0.4 is 10.2 Å². The summed E-state index contributed by atoms with van der Waals surface area (Å²) in [6, 6.07) is 3.87. The van der Waals surface area contributed by atoms with Crippen LogP contribution >= 0.6 is 0 Å². The Balaban J connectivity index is 1.77. The maximum Gasteiger partial charge on any atom is 0.251 e. The number of nitrogens with one attached hydrogen (secondary N) is 1. The third-order valence-corrected chi connectivity index (χ3v) is 4.12. The van der Waals surface area contributed by atoms with Gasteiger partial charge in [0, 0.05) is 38.8 Å². The minimum atomic E-state index is -0.0412. The standard InChI is InChI=1S/C16H20N2O3/c1-21-8-2-6-17-16(20)13-9-11-3-4-14(19)18-7-5-12(10-13)15(11)18/h9-10H,2-8H2,1H3,(H,17,20). The lowest BCUT2D eigenvalue weighted by Gasteiger charge is -2.25. The fourth-order valence-electron chi connectivity index (χ4n) is 3.11. The summed E-state index contributed by atoms with van der Waals surface area (Å²) >= 11 is 0. The van der Waals surface area contributed by atoms with Crippen LogP contribution in [0.25, 0.3) is 0 Å². The number of hydrogen-bond donors (Lipinski definition) is 1. The number of nitrogens with zero attached hydrogens (tertiary/aromatic N) is 1. The summed E-state index contributed by atoms with van der Waals surface area (Å²) in [7, 11) is 1.65. The van der Waals surface area contributed by atoms with Gasteiger partial charge in [-0.3, -0.25) is 9.59 Å². The second-order valence-electron chi connectivity index (χ2n) is 5.54. The van der Waals surface area contributed by atoms with E-state index in [0.29, 0.717) is 25.1 Å². The summed E-state index contributed by atoms with van der Waals surface area (Å²) in [6.07, 6.45) is 2.94. The summed E-state index contributed by atoms with van der Waals surface area (Å²) in [5, 5.41) is 2.91. The quantitative estimate of drug-likeness (QED) is 0.831. The van der Waals surface area contributed by atoms with Crippen LogP contribution in [-0.4, -0.2) is 38.6 Å². The molecule has 2 aliphatic heterocycles. The maximum atomic E-state index is 12.2. The van der Waals surface area contributed by atoms with E-state index < -0.39 is 0 Å². The first-order chi connectivity index (χ1) is 10.2. The Morgan fingerprint density at radius 1 is 1.29 bits per heavy atom. The molecule has 112 valence electrons. The van der Waals surface area contributed by atoms with Crippen molar-refractivity contribution in [3.63, 3.8) is 0 Å². The molecule has 5 nitrogen and oxygen atoms in total. The maximum absolute atomic E-state index is 12.2. The highest BCUT2D eigenvalue weighted by Crippen LogP contribution is 2.37. The van der Waals surface area contributed by atoms with Crippen molar-refractivity contribution >= 4 is 17.5 Å². The number of hydrogen-bond acceptors (Lipinski definition) is 3. The monoisotopic (exact) mass is 288 g/mol. The van der Waals surface area contributed by atoms with E-state index in [0.717, 1.165) is 42.6 Å². The van der Waals surface area contributed by atoms with Crippen LogP contribution in [0.2, 0.25) is 0 Å². The van der Waals surface area contributed by atoms with Crippen molar-refractivity contribution in [2.45, 2.75) is 25.7 Å². The highest BCUT2D eigenvalue weighted by Gasteiger charge is 2.31. The van der Waals surface area contributed by atoms with E-state index in [2.05, 4.69) is 5.32 Å². The van der Waals surface area contributed by atoms with Gasteiger partial charge < -0.3 is 15.0 Å². The molecule has 0 radical (unpaired) electrons. The molecule has 0 saturated heterocycles. The molecular weight excluding hydrogens is 268 g/mol. The van der Waals surface area contributed by atoms with E-state index >= 15 is 0 Å². The van der Waals surface area contributed by atoms with Gasteiger partial charge in [-0.1, -0.05) is 0 Å². The largest absolute Gasteiger partial charge is 0.385 e. The lowest BCUT2D eigenvalue weighted by molar-refractivity contribution is -0.118. The molecule has 2 amide bonds. The minimum absolute atomic E-state index is 0.0412. The van der Waals surface area contributed by atoms with E-state index in [-0.39, 0.29) is 11.8 Å². The van der Waals surface area contributed by atoms with Crippen molar-refractivity contribution in [1.82, 2.24) is 5.32 Å². The molecule has 0 bridgehead atoms. The second-order valence-corrected chi connectivity index (χ2v) is 5.54. The van der Waals surface area contributed by atoms with Gasteiger partial charge in [0.25, 0.3) is 5.91 Å². The van der Waals surface area contributed by atoms with Gasteiger partial charge in [-0.05, 0) is 42.5 Å². The fraction of sp³-hybridized carbons (Fsp3) is 0.500. The van der Waals surface area contributed by atoms with E-state index in [4.69, 9.17) is 4.74 Å². The van der Waals surface area contributed by atoms with Crippen LogP contribution in [0.3, 0.4) is 0 Å². The molecule has 3 rings (SSSR count). The van der Waals surface area contributed by atoms with Gasteiger partial charge >= 0.3 is 0 Å². The Kier molecular flexibility index (Phi) is 3.92. The Bertz CT molecular complexity index is 583. The molecule has 0 atom stereocenters. The number of carbonyl (C=O) groups excluding carboxylic acids is 2. The highest BCUT2D eigenvalue weighted by molar-refractivity contribution is 6.01. The van der Waals surface area contributed by atoms with Crippen LogP contribution in [0.15, 0.2) is 12.1 Å². The predicted molar refractivity (Wildman–Crippen MR) is 79.6 cm³/mol. The molecular formula is C16H20N2O3. The molecule has 1 N–H and O–H groups in total. The number of benzene rings is 1. The number of rotatable bonds is 5. The zero-order chi connectivity index (χ0) is 14.8. The number of aryl methyl sites for hydroxylation is 1. The number of methoxy groups -OCH3 is 1. The van der Waals surface area contributed by atoms with Crippen LogP contribution in [-0.2, 0) is 22.4 Å². The molecule has 0 unspecified atom stereocenters. The number of amides is 2. The van der Waals surface area contributed by atoms with E-state index in [1.54, 1.807) is 7.11 Å². The molecule has 2 heterocycles. The minimum Gasteiger partial charge on any atom is -0.385 e. The Morgan fingerprint density at radius 3 is 2.81 bits per heavy atom. The van der Waals surface area contributed by atoms with Crippen molar-refractivity contribution in [1.29, 1.82) is 0 Å². The number of carbonyl (C=O) groups is 2. The van der Waals surface area contributed by atoms with Gasteiger partial charge in [0.1, 0.15) is 0 Å². The first-order valence-corrected chi connectivity index (χ1v) is 7.44. The van der Waals surface area contributed by atoms with Gasteiger partial charge in [-0.25, -0.2) is 0 Å². The molecule has 1 aromatic rings. The first-order valence-electron chi connectivity index (χ1n) is 7.44. The molecule has 1 aromatic carbocycles. The van der Waals surface area contributed by atoms with Gasteiger partial charge in [-0.2, -0.15) is 0 Å². The average molecular weight is 288 g/mol. The van der Waals surface area contributed by atoms with Crippen molar-refractivity contribution in [2.75, 3.05) is 31.7 Å². The molecule has 2 aliphatic rings. The summed E-state index contributed by atoms with van der Waals surface area (Å²) in [5.74, 6) is 0.165. The SMILES string of the molecule is COCCCNC(=O)c1cc2c3c(c1)CCN3C(=O)CC2. The van der Waals surface area contributed by atoms with Gasteiger partial charge in [-0.15, -0.1) is 0 Å². The Labute approximate surface area is 124 Å². The number of ether oxygens (including phenoxy) is 1. The molecule has 0 saturated carbocycles. The topological polar surface area (TPSA) is 58.6 Å². The number of anilines is 1. The molecule has 0 aliphatic carbocycles. The van der Waals surface area contributed by atoms with E-state index in [9.17, 15) is 9.59 Å². The van der Waals surface area contributed by atoms with Crippen LogP contribution in [0.1, 0.15) is 34.3 Å². The van der Waals surface area contributed by atoms with E-state index in [1.807, 2.05) is 17.0 Å². The van der Waals surface area contributed by atoms with Gasteiger partial charge in [0.15, 0.2) is 0 Å². The molecule has 0 fully saturated rings. The Morgan fingerprint density at radius 2 is 2.05 bits per heavy atom. The average Bonchev–Trinajstić information content (AvgIpc) is 2.92. The van der Waals surface area contributed by atoms with Gasteiger partial charge in [0.05, 0.1) is 5.69 Å². The first kappa shape index (κ1) is 14.1. The molecule has 5 heteroatoms. The lowest BCUT2D eigenvalue weighted by atomic mass is 9.96. The normalized spacial score (nSPS) is 16.0. The van der Waals surface area contributed by atoms with Crippen LogP contribution in [0, 0.1) is 0 Å². The summed E-state index contributed by atoms with van der Waals surface area (Å²) in [4.78, 5) is 26.0. The Hall–Kier alpha value is -1.88. The summed E-state index contributed by atoms with van der Waals surface area (Å²) in [5.41, 5.74) is 4.02. The third kappa shape index (κ3) is 2.65. The van der Waals surface area contributed by atoms with Crippen molar-refractivity contribution in [3.8, 4) is 0 Å². The highest BCUT2D eigenvalue weighted by atomic mass is 16.5. The smallest absolute Gasteiger partial charge is 0.251 e. The fourth-order valence-corrected chi connectivity index (χ4v) is 3.11. The van der Waals surface area contributed by atoms with Crippen molar-refractivity contribution in [3.05, 3.63) is 28.8 Å². The van der Waals surface area contributed by atoms with Crippen molar-refractivity contribution < 1.29 is 14.3 Å². The van der Waals surface area contributed by atoms with Gasteiger partial charge in [0.2, 0.25) is 5.91 Å². The summed E-state index contributed by atoms with van der Waals surface area (Å²) < 4.78 is 4.97. The zero-order valence-electron chi connectivity index (χ0n) is 12.3. The zero-order valence-corrected chi connectivity index (χ0v) is 12.3. The third-order valence-electron chi connectivity index (χ3n) is 4.12. The molecule has 21 heavy (non-hydrogen) atoms. The van der Waals surface area contributed by atoms with Crippen LogP contribution in [0.5, 0.6) is 0 Å². The predicted octanol–water partition coefficient (Wildman–Crippen LogP) is 1.29. The second kappa shape index (κ2) is 5.85. The van der Waals surface area contributed by atoms with Crippen molar-refractivity contribution in [2.24, 2.45) is 0 Å². The van der Waals surface area contributed by atoms with Crippen LogP contribution in [0.4, 0.5) is 5.69 Å². The summed E-state index contributed by atoms with van der Waals surface area (Å²) in [6.45, 7) is 2.01. The molecule has 0 aromatic heterocycles.